The Morgan fingerprint density at radius 3 is 1.81 bits per heavy atom. The molecule has 0 bridgehead atoms. The minimum absolute atomic E-state index is 0.146. The van der Waals surface area contributed by atoms with Crippen molar-refractivity contribution in [3.05, 3.63) is 167 Å². The van der Waals surface area contributed by atoms with Gasteiger partial charge in [0, 0.05) is 44.1 Å². The third kappa shape index (κ3) is 4.40. The first-order valence-electron chi connectivity index (χ1n) is 16.7. The summed E-state index contributed by atoms with van der Waals surface area (Å²) in [6.07, 6.45) is 7.00. The SMILES string of the molecule is CC1(C)c2cc(-c3ccc4c5c(n(-c6ccccc6)c4c3)=CCCC=5)ccc2-c2ccc(N(c3ccccc3)c3ccccc3)cc21. The fourth-order valence-corrected chi connectivity index (χ4v) is 7.88. The zero-order valence-electron chi connectivity index (χ0n) is 26.8. The average Bonchev–Trinajstić information content (AvgIpc) is 3.57. The molecule has 1 heterocycles. The highest BCUT2D eigenvalue weighted by Crippen LogP contribution is 2.51. The molecule has 0 saturated carbocycles. The van der Waals surface area contributed by atoms with Gasteiger partial charge in [0.1, 0.15) is 0 Å². The molecule has 0 unspecified atom stereocenters. The highest BCUT2D eigenvalue weighted by Gasteiger charge is 2.36. The van der Waals surface area contributed by atoms with E-state index in [9.17, 15) is 0 Å². The van der Waals surface area contributed by atoms with Crippen molar-refractivity contribution in [2.45, 2.75) is 32.1 Å². The number of fused-ring (bicyclic) bond motifs is 6. The van der Waals surface area contributed by atoms with E-state index in [2.05, 4.69) is 181 Å². The number of rotatable bonds is 5. The van der Waals surface area contributed by atoms with Crippen LogP contribution in [-0.4, -0.2) is 4.57 Å². The number of nitrogens with zero attached hydrogens (tertiary/aromatic N) is 2. The van der Waals surface area contributed by atoms with Gasteiger partial charge in [-0.25, -0.2) is 0 Å². The maximum absolute atomic E-state index is 2.45. The van der Waals surface area contributed by atoms with Crippen molar-refractivity contribution in [3.8, 4) is 27.9 Å². The maximum Gasteiger partial charge on any atom is 0.0546 e. The quantitative estimate of drug-likeness (QED) is 0.190. The van der Waals surface area contributed by atoms with E-state index in [0.717, 1.165) is 24.2 Å². The van der Waals surface area contributed by atoms with Gasteiger partial charge in [-0.15, -0.1) is 0 Å². The third-order valence-electron chi connectivity index (χ3n) is 10.2. The van der Waals surface area contributed by atoms with E-state index in [1.54, 1.807) is 0 Å². The summed E-state index contributed by atoms with van der Waals surface area (Å²) in [5, 5.41) is 4.00. The minimum atomic E-state index is -0.146. The highest BCUT2D eigenvalue weighted by molar-refractivity contribution is 5.91. The molecule has 47 heavy (non-hydrogen) atoms. The normalized spacial score (nSPS) is 14.1. The molecular weight excluding hydrogens is 569 g/mol. The van der Waals surface area contributed by atoms with Crippen LogP contribution in [0.1, 0.15) is 37.8 Å². The summed E-state index contributed by atoms with van der Waals surface area (Å²) in [6, 6.07) is 53.3. The molecule has 6 aromatic carbocycles. The Morgan fingerprint density at radius 2 is 1.11 bits per heavy atom. The molecule has 0 atom stereocenters. The first-order valence-corrected chi connectivity index (χ1v) is 16.7. The van der Waals surface area contributed by atoms with Gasteiger partial charge in [0.2, 0.25) is 0 Å². The van der Waals surface area contributed by atoms with E-state index in [1.165, 1.54) is 66.2 Å². The second-order valence-corrected chi connectivity index (χ2v) is 13.3. The van der Waals surface area contributed by atoms with Gasteiger partial charge < -0.3 is 9.47 Å². The Bertz CT molecular complexity index is 2380. The summed E-state index contributed by atoms with van der Waals surface area (Å²) in [7, 11) is 0. The van der Waals surface area contributed by atoms with Crippen molar-refractivity contribution in [2.24, 2.45) is 0 Å². The minimum Gasteiger partial charge on any atom is -0.310 e. The summed E-state index contributed by atoms with van der Waals surface area (Å²) in [4.78, 5) is 2.36. The van der Waals surface area contributed by atoms with Gasteiger partial charge in [0.15, 0.2) is 0 Å². The molecule has 2 aliphatic rings. The van der Waals surface area contributed by atoms with Crippen LogP contribution in [0, 0.1) is 0 Å². The van der Waals surface area contributed by atoms with Gasteiger partial charge >= 0.3 is 0 Å². The number of hydrogen-bond acceptors (Lipinski definition) is 1. The van der Waals surface area contributed by atoms with E-state index < -0.39 is 0 Å². The second-order valence-electron chi connectivity index (χ2n) is 13.3. The van der Waals surface area contributed by atoms with E-state index in [4.69, 9.17) is 0 Å². The predicted octanol–water partition coefficient (Wildman–Crippen LogP) is 10.4. The van der Waals surface area contributed by atoms with Gasteiger partial charge in [-0.2, -0.15) is 0 Å². The summed E-state index contributed by atoms with van der Waals surface area (Å²) in [5.74, 6) is 0. The molecule has 2 heteroatoms. The van der Waals surface area contributed by atoms with Crippen molar-refractivity contribution < 1.29 is 0 Å². The molecule has 0 saturated heterocycles. The summed E-state index contributed by atoms with van der Waals surface area (Å²) in [6.45, 7) is 4.76. The largest absolute Gasteiger partial charge is 0.310 e. The Hall–Kier alpha value is -5.60. The van der Waals surface area contributed by atoms with Gasteiger partial charge in [-0.05, 0) is 107 Å². The molecule has 0 amide bonds. The van der Waals surface area contributed by atoms with E-state index in [0.29, 0.717) is 0 Å². The van der Waals surface area contributed by atoms with Crippen LogP contribution in [0.25, 0.3) is 51.0 Å². The van der Waals surface area contributed by atoms with Crippen LogP contribution >= 0.6 is 0 Å². The number of benzene rings is 6. The van der Waals surface area contributed by atoms with Crippen molar-refractivity contribution in [1.29, 1.82) is 0 Å². The number of anilines is 3. The lowest BCUT2D eigenvalue weighted by Gasteiger charge is -2.28. The standard InChI is InChI=1S/C45H36N2/c1-45(2)41-28-31(32-23-26-40-39-20-12-13-21-43(39)47(44(40)29-32)35-18-10-5-11-19-35)22-25-37(41)38-27-24-36(30-42(38)45)46(33-14-6-3-7-15-33)34-16-8-4-9-17-34/h3-11,14-30H,12-13H2,1-2H3. The number of para-hydroxylation sites is 3. The van der Waals surface area contributed by atoms with Crippen molar-refractivity contribution >= 4 is 40.1 Å². The smallest absolute Gasteiger partial charge is 0.0546 e. The Balaban J connectivity index is 1.16. The average molecular weight is 605 g/mol. The second kappa shape index (κ2) is 10.7. The topological polar surface area (TPSA) is 8.17 Å². The molecule has 1 aromatic heterocycles. The molecule has 7 aromatic rings. The first kappa shape index (κ1) is 27.7. The summed E-state index contributed by atoms with van der Waals surface area (Å²) in [5.41, 5.74) is 13.7. The fourth-order valence-electron chi connectivity index (χ4n) is 7.88. The lowest BCUT2D eigenvalue weighted by atomic mass is 9.81. The fraction of sp³-hybridized carbons (Fsp3) is 0.111. The van der Waals surface area contributed by atoms with Crippen LogP contribution in [0.4, 0.5) is 17.1 Å². The number of hydrogen-bond donors (Lipinski definition) is 0. The Morgan fingerprint density at radius 1 is 0.532 bits per heavy atom. The van der Waals surface area contributed by atoms with E-state index in [1.807, 2.05) is 0 Å². The molecule has 2 aliphatic carbocycles. The van der Waals surface area contributed by atoms with Crippen molar-refractivity contribution in [2.75, 3.05) is 4.90 Å². The molecule has 0 spiro atoms. The molecule has 226 valence electrons. The van der Waals surface area contributed by atoms with Crippen molar-refractivity contribution in [1.82, 2.24) is 4.57 Å². The van der Waals surface area contributed by atoms with Crippen LogP contribution in [0.3, 0.4) is 0 Å². The van der Waals surface area contributed by atoms with E-state index >= 15 is 0 Å². The van der Waals surface area contributed by atoms with Crippen LogP contribution in [0.5, 0.6) is 0 Å². The van der Waals surface area contributed by atoms with Crippen LogP contribution in [-0.2, 0) is 5.41 Å². The highest BCUT2D eigenvalue weighted by atomic mass is 15.1. The lowest BCUT2D eigenvalue weighted by molar-refractivity contribution is 0.660. The Labute approximate surface area is 276 Å². The lowest BCUT2D eigenvalue weighted by Crippen LogP contribution is -2.30. The molecule has 9 rings (SSSR count). The van der Waals surface area contributed by atoms with Gasteiger partial charge in [0.25, 0.3) is 0 Å². The van der Waals surface area contributed by atoms with Crippen LogP contribution in [0.15, 0.2) is 146 Å². The Kier molecular flexibility index (Phi) is 6.33. The van der Waals surface area contributed by atoms with E-state index in [-0.39, 0.29) is 5.41 Å². The van der Waals surface area contributed by atoms with Crippen LogP contribution < -0.4 is 15.5 Å². The molecule has 2 nitrogen and oxygen atoms in total. The summed E-state index contributed by atoms with van der Waals surface area (Å²) >= 11 is 0. The van der Waals surface area contributed by atoms with Crippen molar-refractivity contribution in [3.63, 3.8) is 0 Å². The monoisotopic (exact) mass is 604 g/mol. The molecule has 0 radical (unpaired) electrons. The number of aromatic nitrogens is 1. The zero-order valence-corrected chi connectivity index (χ0v) is 26.8. The van der Waals surface area contributed by atoms with Gasteiger partial charge in [-0.3, -0.25) is 0 Å². The third-order valence-corrected chi connectivity index (χ3v) is 10.2. The molecular formula is C45H36N2. The zero-order chi connectivity index (χ0) is 31.5. The molecule has 0 aliphatic heterocycles. The van der Waals surface area contributed by atoms with Gasteiger partial charge in [0.05, 0.1) is 5.52 Å². The van der Waals surface area contributed by atoms with Crippen LogP contribution in [0.2, 0.25) is 0 Å². The van der Waals surface area contributed by atoms with Gasteiger partial charge in [-0.1, -0.05) is 111 Å². The predicted molar refractivity (Wildman–Crippen MR) is 198 cm³/mol. The summed E-state index contributed by atoms with van der Waals surface area (Å²) < 4.78 is 2.45. The first-order chi connectivity index (χ1) is 23.1. The molecule has 0 N–H and O–H groups in total. The molecule has 0 fully saturated rings. The maximum atomic E-state index is 2.45.